The number of fused-ring (bicyclic) bond motifs is 1. The first-order valence-corrected chi connectivity index (χ1v) is 9.34. The first-order valence-electron chi connectivity index (χ1n) is 9.34. The molecule has 0 saturated carbocycles. The average molecular weight is 363 g/mol. The van der Waals surface area contributed by atoms with E-state index in [1.54, 1.807) is 6.92 Å². The minimum atomic E-state index is -0.346. The zero-order chi connectivity index (χ0) is 19.2. The summed E-state index contributed by atoms with van der Waals surface area (Å²) in [7, 11) is 0. The Hall–Kier alpha value is -2.95. The van der Waals surface area contributed by atoms with Crippen LogP contribution in [-0.4, -0.2) is 27.6 Å². The zero-order valence-electron chi connectivity index (χ0n) is 15.9. The number of benzene rings is 2. The van der Waals surface area contributed by atoms with Gasteiger partial charge in [-0.05, 0) is 30.5 Å². The standard InChI is InChI=1S/C22H25N3O2/c1-4-5-13-25-21-19(10-7-11-20(21)23-24-25)18-9-6-8-17(15-18)12-14-27-22(26)16(2)3/h6-11,15H,2,4-5,12-14H2,1,3H3. The highest BCUT2D eigenvalue weighted by Crippen LogP contribution is 2.28. The molecule has 0 N–H and O–H groups in total. The van der Waals surface area contributed by atoms with Crippen molar-refractivity contribution in [2.24, 2.45) is 0 Å². The summed E-state index contributed by atoms with van der Waals surface area (Å²) in [5, 5.41) is 8.64. The van der Waals surface area contributed by atoms with Crippen molar-refractivity contribution in [2.75, 3.05) is 6.61 Å². The summed E-state index contributed by atoms with van der Waals surface area (Å²) in [6, 6.07) is 14.4. The predicted octanol–water partition coefficient (Wildman–Crippen LogP) is 4.56. The number of aryl methyl sites for hydroxylation is 1. The van der Waals surface area contributed by atoms with Gasteiger partial charge in [-0.2, -0.15) is 0 Å². The molecule has 0 aliphatic rings. The topological polar surface area (TPSA) is 57.0 Å². The molecule has 0 aliphatic carbocycles. The maximum Gasteiger partial charge on any atom is 0.333 e. The number of para-hydroxylation sites is 1. The molecule has 0 unspecified atom stereocenters. The van der Waals surface area contributed by atoms with E-state index in [0.717, 1.165) is 47.1 Å². The van der Waals surface area contributed by atoms with Gasteiger partial charge in [0.25, 0.3) is 0 Å². The maximum atomic E-state index is 11.5. The summed E-state index contributed by atoms with van der Waals surface area (Å²) in [5.74, 6) is -0.346. The van der Waals surface area contributed by atoms with Crippen molar-refractivity contribution in [1.82, 2.24) is 15.0 Å². The summed E-state index contributed by atoms with van der Waals surface area (Å²) < 4.78 is 7.21. The van der Waals surface area contributed by atoms with Crippen LogP contribution in [0.3, 0.4) is 0 Å². The van der Waals surface area contributed by atoms with E-state index in [1.165, 1.54) is 0 Å². The third-order valence-corrected chi connectivity index (χ3v) is 4.47. The normalized spacial score (nSPS) is 10.9. The van der Waals surface area contributed by atoms with Crippen molar-refractivity contribution in [3.8, 4) is 11.1 Å². The number of carbonyl (C=O) groups is 1. The van der Waals surface area contributed by atoms with Gasteiger partial charge in [0.1, 0.15) is 5.52 Å². The number of nitrogens with zero attached hydrogens (tertiary/aromatic N) is 3. The Kier molecular flexibility index (Phi) is 6.01. The SMILES string of the molecule is C=C(C)C(=O)OCCc1cccc(-c2cccc3nnn(CCCC)c23)c1. The van der Waals surface area contributed by atoms with E-state index in [1.807, 2.05) is 28.9 Å². The molecule has 140 valence electrons. The predicted molar refractivity (Wildman–Crippen MR) is 107 cm³/mol. The smallest absolute Gasteiger partial charge is 0.333 e. The highest BCUT2D eigenvalue weighted by Gasteiger charge is 2.11. The maximum absolute atomic E-state index is 11.5. The van der Waals surface area contributed by atoms with Crippen LogP contribution in [0, 0.1) is 0 Å². The number of aromatic nitrogens is 3. The van der Waals surface area contributed by atoms with E-state index in [-0.39, 0.29) is 5.97 Å². The summed E-state index contributed by atoms with van der Waals surface area (Å²) >= 11 is 0. The van der Waals surface area contributed by atoms with Crippen LogP contribution in [0.2, 0.25) is 0 Å². The van der Waals surface area contributed by atoms with Crippen LogP contribution >= 0.6 is 0 Å². The van der Waals surface area contributed by atoms with Gasteiger partial charge in [-0.3, -0.25) is 0 Å². The van der Waals surface area contributed by atoms with Crippen LogP contribution < -0.4 is 0 Å². The van der Waals surface area contributed by atoms with Crippen molar-refractivity contribution in [3.05, 3.63) is 60.2 Å². The van der Waals surface area contributed by atoms with E-state index >= 15 is 0 Å². The molecule has 3 rings (SSSR count). The van der Waals surface area contributed by atoms with Gasteiger partial charge in [0.2, 0.25) is 0 Å². The molecule has 27 heavy (non-hydrogen) atoms. The second-order valence-corrected chi connectivity index (χ2v) is 6.71. The molecular formula is C22H25N3O2. The number of hydrogen-bond acceptors (Lipinski definition) is 4. The number of ether oxygens (including phenoxy) is 1. The van der Waals surface area contributed by atoms with Crippen LogP contribution in [0.15, 0.2) is 54.6 Å². The highest BCUT2D eigenvalue weighted by atomic mass is 16.5. The Balaban J connectivity index is 1.85. The molecule has 0 bridgehead atoms. The van der Waals surface area contributed by atoms with Crippen LogP contribution in [0.4, 0.5) is 0 Å². The average Bonchev–Trinajstić information content (AvgIpc) is 3.09. The fourth-order valence-corrected chi connectivity index (χ4v) is 3.01. The third-order valence-electron chi connectivity index (χ3n) is 4.47. The molecule has 0 aliphatic heterocycles. The van der Waals surface area contributed by atoms with Gasteiger partial charge in [0.05, 0.1) is 12.1 Å². The highest BCUT2D eigenvalue weighted by molar-refractivity contribution is 5.91. The Bertz CT molecular complexity index is 959. The molecule has 3 aromatic rings. The second kappa shape index (κ2) is 8.62. The summed E-state index contributed by atoms with van der Waals surface area (Å²) in [6.07, 6.45) is 2.85. The molecule has 0 spiro atoms. The molecule has 0 atom stereocenters. The Labute approximate surface area is 159 Å². The van der Waals surface area contributed by atoms with E-state index in [2.05, 4.69) is 42.0 Å². The molecule has 1 heterocycles. The molecule has 0 fully saturated rings. The molecule has 5 nitrogen and oxygen atoms in total. The largest absolute Gasteiger partial charge is 0.462 e. The van der Waals surface area contributed by atoms with Gasteiger partial charge in [0.15, 0.2) is 0 Å². The van der Waals surface area contributed by atoms with E-state index in [4.69, 9.17) is 4.74 Å². The van der Waals surface area contributed by atoms with Crippen LogP contribution in [-0.2, 0) is 22.5 Å². The monoisotopic (exact) mass is 363 g/mol. The van der Waals surface area contributed by atoms with Crippen molar-refractivity contribution >= 4 is 17.0 Å². The fraction of sp³-hybridized carbons (Fsp3) is 0.318. The molecule has 5 heteroatoms. The Morgan fingerprint density at radius 2 is 2.04 bits per heavy atom. The third kappa shape index (κ3) is 4.42. The van der Waals surface area contributed by atoms with E-state index in [9.17, 15) is 4.79 Å². The van der Waals surface area contributed by atoms with Crippen LogP contribution in [0.5, 0.6) is 0 Å². The molecule has 2 aromatic carbocycles. The lowest BCUT2D eigenvalue weighted by Gasteiger charge is -2.09. The minimum absolute atomic E-state index is 0.343. The Morgan fingerprint density at radius 1 is 1.22 bits per heavy atom. The minimum Gasteiger partial charge on any atom is -0.462 e. The lowest BCUT2D eigenvalue weighted by Crippen LogP contribution is -2.08. The number of unbranched alkanes of at least 4 members (excludes halogenated alkanes) is 1. The van der Waals surface area contributed by atoms with Gasteiger partial charge in [-0.15, -0.1) is 5.10 Å². The first-order chi connectivity index (χ1) is 13.1. The van der Waals surface area contributed by atoms with Crippen LogP contribution in [0.25, 0.3) is 22.2 Å². The van der Waals surface area contributed by atoms with Crippen molar-refractivity contribution in [1.29, 1.82) is 0 Å². The number of esters is 1. The quantitative estimate of drug-likeness (QED) is 0.435. The molecule has 0 amide bonds. The van der Waals surface area contributed by atoms with Gasteiger partial charge in [-0.25, -0.2) is 9.48 Å². The van der Waals surface area contributed by atoms with Gasteiger partial charge in [0, 0.05) is 24.1 Å². The summed E-state index contributed by atoms with van der Waals surface area (Å²) in [5.41, 5.74) is 5.75. The molecule has 0 saturated heterocycles. The summed E-state index contributed by atoms with van der Waals surface area (Å²) in [6.45, 7) is 8.63. The number of carbonyl (C=O) groups excluding carboxylic acids is 1. The number of rotatable bonds is 8. The fourth-order valence-electron chi connectivity index (χ4n) is 3.01. The molecular weight excluding hydrogens is 338 g/mol. The lowest BCUT2D eigenvalue weighted by atomic mass is 10.0. The second-order valence-electron chi connectivity index (χ2n) is 6.71. The molecule has 1 aromatic heterocycles. The van der Waals surface area contributed by atoms with E-state index < -0.39 is 0 Å². The Morgan fingerprint density at radius 3 is 2.81 bits per heavy atom. The van der Waals surface area contributed by atoms with Crippen molar-refractivity contribution in [3.63, 3.8) is 0 Å². The first kappa shape index (κ1) is 18.8. The van der Waals surface area contributed by atoms with E-state index in [0.29, 0.717) is 18.6 Å². The number of hydrogen-bond donors (Lipinski definition) is 0. The van der Waals surface area contributed by atoms with Crippen LogP contribution in [0.1, 0.15) is 32.3 Å². The van der Waals surface area contributed by atoms with Gasteiger partial charge in [-0.1, -0.05) is 61.5 Å². The summed E-state index contributed by atoms with van der Waals surface area (Å²) in [4.78, 5) is 11.5. The molecule has 0 radical (unpaired) electrons. The van der Waals surface area contributed by atoms with Crippen molar-refractivity contribution in [2.45, 2.75) is 39.7 Å². The zero-order valence-corrected chi connectivity index (χ0v) is 15.9. The van der Waals surface area contributed by atoms with Crippen molar-refractivity contribution < 1.29 is 9.53 Å². The lowest BCUT2D eigenvalue weighted by molar-refractivity contribution is -0.138. The van der Waals surface area contributed by atoms with Gasteiger partial charge >= 0.3 is 5.97 Å². The van der Waals surface area contributed by atoms with Gasteiger partial charge < -0.3 is 4.74 Å².